The molecule has 10 nitrogen and oxygen atoms in total. The van der Waals surface area contributed by atoms with Crippen LogP contribution in [-0.4, -0.2) is 84.0 Å². The largest absolute Gasteiger partial charge is 0.338 e. The smallest absolute Gasteiger partial charge is 0.277 e. The van der Waals surface area contributed by atoms with E-state index in [-0.39, 0.29) is 5.56 Å². The highest BCUT2D eigenvalue weighted by atomic mass is 32.2. The number of fused-ring (bicyclic) bond motifs is 1. The number of amides is 1. The zero-order chi connectivity index (χ0) is 24.4. The molecule has 11 heteroatoms. The van der Waals surface area contributed by atoms with E-state index in [0.29, 0.717) is 30.0 Å². The number of rotatable bonds is 5. The molecule has 2 aliphatic heterocycles. The standard InChI is InChI=1S/C24H28N6O4S/c31-23(27-32)20-16-25-24(26-17-20)29-13-11-28(12-14-29)21-7-9-30(10-8-21)35(33,34)22-6-5-18-3-1-2-4-19(18)15-22/h1-6,15-17,21,32H,7-14H2,(H,27,31). The van der Waals surface area contributed by atoms with Gasteiger partial charge in [0, 0.05) is 57.7 Å². The lowest BCUT2D eigenvalue weighted by molar-refractivity contribution is 0.0705. The number of anilines is 1. The van der Waals surface area contributed by atoms with Gasteiger partial charge in [-0.2, -0.15) is 4.31 Å². The summed E-state index contributed by atoms with van der Waals surface area (Å²) in [6, 6.07) is 13.5. The molecule has 0 radical (unpaired) electrons. The summed E-state index contributed by atoms with van der Waals surface area (Å²) in [4.78, 5) is 24.8. The van der Waals surface area contributed by atoms with Crippen LogP contribution in [0.25, 0.3) is 10.8 Å². The van der Waals surface area contributed by atoms with Crippen molar-refractivity contribution in [3.05, 3.63) is 60.4 Å². The normalized spacial score (nSPS) is 18.6. The van der Waals surface area contributed by atoms with E-state index in [1.54, 1.807) is 21.9 Å². The van der Waals surface area contributed by atoms with Crippen molar-refractivity contribution >= 4 is 32.7 Å². The van der Waals surface area contributed by atoms with Gasteiger partial charge in [-0.1, -0.05) is 30.3 Å². The van der Waals surface area contributed by atoms with E-state index < -0.39 is 15.9 Å². The van der Waals surface area contributed by atoms with Crippen molar-refractivity contribution in [1.82, 2.24) is 24.7 Å². The number of carbonyl (C=O) groups excluding carboxylic acids is 1. The first kappa shape index (κ1) is 23.6. The van der Waals surface area contributed by atoms with Gasteiger partial charge in [0.05, 0.1) is 10.5 Å². The summed E-state index contributed by atoms with van der Waals surface area (Å²) in [5, 5.41) is 10.7. The molecule has 3 aromatic rings. The summed E-state index contributed by atoms with van der Waals surface area (Å²) in [6.07, 6.45) is 4.39. The van der Waals surface area contributed by atoms with E-state index in [0.717, 1.165) is 49.8 Å². The molecule has 1 aromatic heterocycles. The molecule has 184 valence electrons. The Bertz CT molecular complexity index is 1300. The van der Waals surface area contributed by atoms with Crippen molar-refractivity contribution in [2.45, 2.75) is 23.8 Å². The Balaban J connectivity index is 1.16. The molecule has 2 N–H and O–H groups in total. The molecule has 2 fully saturated rings. The topological polar surface area (TPSA) is 119 Å². The third-order valence-corrected chi connectivity index (χ3v) is 8.79. The van der Waals surface area contributed by atoms with Gasteiger partial charge < -0.3 is 4.90 Å². The van der Waals surface area contributed by atoms with Crippen LogP contribution in [0.4, 0.5) is 5.95 Å². The average molecular weight is 497 g/mol. The number of piperazine rings is 1. The maximum Gasteiger partial charge on any atom is 0.277 e. The zero-order valence-electron chi connectivity index (χ0n) is 19.2. The van der Waals surface area contributed by atoms with Gasteiger partial charge in [0.1, 0.15) is 0 Å². The van der Waals surface area contributed by atoms with Crippen LogP contribution in [0.1, 0.15) is 23.2 Å². The number of nitrogens with zero attached hydrogens (tertiary/aromatic N) is 5. The van der Waals surface area contributed by atoms with Crippen LogP contribution < -0.4 is 10.4 Å². The fourth-order valence-corrected chi connectivity index (χ4v) is 6.38. The van der Waals surface area contributed by atoms with Crippen molar-refractivity contribution in [2.75, 3.05) is 44.2 Å². The lowest BCUT2D eigenvalue weighted by Crippen LogP contribution is -2.54. The minimum atomic E-state index is -3.52. The Kier molecular flexibility index (Phi) is 6.65. The number of nitrogens with one attached hydrogen (secondary N) is 1. The Morgan fingerprint density at radius 1 is 0.914 bits per heavy atom. The lowest BCUT2D eigenvalue weighted by atomic mass is 10.0. The van der Waals surface area contributed by atoms with E-state index in [1.807, 2.05) is 30.3 Å². The first-order chi connectivity index (χ1) is 17.0. The van der Waals surface area contributed by atoms with Crippen LogP contribution in [-0.2, 0) is 10.0 Å². The fourth-order valence-electron chi connectivity index (χ4n) is 4.88. The quantitative estimate of drug-likeness (QED) is 0.405. The number of hydrogen-bond donors (Lipinski definition) is 2. The SMILES string of the molecule is O=C(NO)c1cnc(N2CCN(C3CCN(S(=O)(=O)c4ccc5ccccc5c4)CC3)CC2)nc1. The van der Waals surface area contributed by atoms with Crippen LogP contribution in [0, 0.1) is 0 Å². The average Bonchev–Trinajstić information content (AvgIpc) is 2.92. The van der Waals surface area contributed by atoms with Gasteiger partial charge in [-0.3, -0.25) is 14.9 Å². The molecular weight excluding hydrogens is 468 g/mol. The number of benzene rings is 2. The molecule has 1 amide bonds. The number of hydroxylamine groups is 1. The summed E-state index contributed by atoms with van der Waals surface area (Å²) in [7, 11) is -3.52. The van der Waals surface area contributed by atoms with Crippen LogP contribution in [0.15, 0.2) is 59.8 Å². The summed E-state index contributed by atoms with van der Waals surface area (Å²) >= 11 is 0. The molecule has 2 aliphatic rings. The van der Waals surface area contributed by atoms with Gasteiger partial charge in [-0.05, 0) is 35.7 Å². The molecular formula is C24H28N6O4S. The van der Waals surface area contributed by atoms with E-state index in [1.165, 1.54) is 12.4 Å². The van der Waals surface area contributed by atoms with E-state index in [9.17, 15) is 13.2 Å². The number of carbonyl (C=O) groups is 1. The number of piperidine rings is 1. The highest BCUT2D eigenvalue weighted by Gasteiger charge is 2.33. The maximum atomic E-state index is 13.3. The highest BCUT2D eigenvalue weighted by molar-refractivity contribution is 7.89. The number of sulfonamides is 1. The van der Waals surface area contributed by atoms with Crippen molar-refractivity contribution in [3.8, 4) is 0 Å². The summed E-state index contributed by atoms with van der Waals surface area (Å²) < 4.78 is 28.1. The molecule has 2 saturated heterocycles. The van der Waals surface area contributed by atoms with Crippen molar-refractivity contribution in [3.63, 3.8) is 0 Å². The zero-order valence-corrected chi connectivity index (χ0v) is 20.1. The molecule has 2 aromatic carbocycles. The second kappa shape index (κ2) is 9.86. The molecule has 0 unspecified atom stereocenters. The molecule has 0 bridgehead atoms. The van der Waals surface area contributed by atoms with Gasteiger partial charge in [0.25, 0.3) is 5.91 Å². The third kappa shape index (κ3) is 4.85. The molecule has 0 saturated carbocycles. The fraction of sp³-hybridized carbons (Fsp3) is 0.375. The third-order valence-electron chi connectivity index (χ3n) is 6.90. The Hall–Kier alpha value is -3.12. The molecule has 0 atom stereocenters. The van der Waals surface area contributed by atoms with E-state index in [2.05, 4.69) is 19.8 Å². The van der Waals surface area contributed by atoms with Crippen LogP contribution in [0.2, 0.25) is 0 Å². The minimum Gasteiger partial charge on any atom is -0.338 e. The van der Waals surface area contributed by atoms with Crippen molar-refractivity contribution < 1.29 is 18.4 Å². The second-order valence-electron chi connectivity index (χ2n) is 8.88. The second-order valence-corrected chi connectivity index (χ2v) is 10.8. The Labute approximate surface area is 204 Å². The molecule has 35 heavy (non-hydrogen) atoms. The Morgan fingerprint density at radius 3 is 2.23 bits per heavy atom. The van der Waals surface area contributed by atoms with E-state index in [4.69, 9.17) is 5.21 Å². The van der Waals surface area contributed by atoms with E-state index >= 15 is 0 Å². The van der Waals surface area contributed by atoms with Crippen molar-refractivity contribution in [2.24, 2.45) is 0 Å². The highest BCUT2D eigenvalue weighted by Crippen LogP contribution is 2.26. The monoisotopic (exact) mass is 496 g/mol. The molecule has 3 heterocycles. The summed E-state index contributed by atoms with van der Waals surface area (Å²) in [5.74, 6) is -0.0919. The summed E-state index contributed by atoms with van der Waals surface area (Å²) in [5.41, 5.74) is 1.77. The van der Waals surface area contributed by atoms with Crippen LogP contribution >= 0.6 is 0 Å². The maximum absolute atomic E-state index is 13.3. The predicted molar refractivity (Wildman–Crippen MR) is 131 cm³/mol. The number of hydrogen-bond acceptors (Lipinski definition) is 8. The van der Waals surface area contributed by atoms with Crippen LogP contribution in [0.5, 0.6) is 0 Å². The molecule has 0 spiro atoms. The van der Waals surface area contributed by atoms with Crippen LogP contribution in [0.3, 0.4) is 0 Å². The first-order valence-electron chi connectivity index (χ1n) is 11.7. The van der Waals surface area contributed by atoms with Gasteiger partial charge in [0.15, 0.2) is 0 Å². The summed E-state index contributed by atoms with van der Waals surface area (Å²) in [6.45, 7) is 4.20. The lowest BCUT2D eigenvalue weighted by Gasteiger charge is -2.42. The minimum absolute atomic E-state index is 0.195. The van der Waals surface area contributed by atoms with Gasteiger partial charge in [-0.25, -0.2) is 23.9 Å². The van der Waals surface area contributed by atoms with Gasteiger partial charge >= 0.3 is 0 Å². The Morgan fingerprint density at radius 2 is 1.57 bits per heavy atom. The molecule has 0 aliphatic carbocycles. The van der Waals surface area contributed by atoms with Crippen molar-refractivity contribution in [1.29, 1.82) is 0 Å². The first-order valence-corrected chi connectivity index (χ1v) is 13.1. The number of aromatic nitrogens is 2. The predicted octanol–water partition coefficient (Wildman–Crippen LogP) is 1.72. The molecule has 5 rings (SSSR count). The van der Waals surface area contributed by atoms with Gasteiger partial charge in [-0.15, -0.1) is 0 Å². The van der Waals surface area contributed by atoms with Gasteiger partial charge in [0.2, 0.25) is 16.0 Å².